The fraction of sp³-hybridized carbons (Fsp3) is 0.406. The van der Waals surface area contributed by atoms with Crippen molar-refractivity contribution < 1.29 is 39.5 Å². The summed E-state index contributed by atoms with van der Waals surface area (Å²) >= 11 is 0. The predicted molar refractivity (Wildman–Crippen MR) is 157 cm³/mol. The number of aromatic hydroxyl groups is 1. The van der Waals surface area contributed by atoms with Crippen LogP contribution in [-0.4, -0.2) is 87.6 Å². The van der Waals surface area contributed by atoms with Gasteiger partial charge in [-0.3, -0.25) is 24.2 Å². The highest BCUT2D eigenvalue weighted by Crippen LogP contribution is 2.54. The van der Waals surface area contributed by atoms with Gasteiger partial charge in [-0.2, -0.15) is 0 Å². The van der Waals surface area contributed by atoms with E-state index in [4.69, 9.17) is 10.5 Å². The SMILES string of the molecule is COc1c(CN(C)C(C)c2ccccc2)cc(O)c2c1C[C@H]1C[C@H]3[C@H](N(C)C)C(=O)C(C(N)=O)=C(O)[C@@]3(O)C(=O)C1=C2O. The quantitative estimate of drug-likeness (QED) is 0.300. The number of phenolic OH excluding ortho intramolecular Hbond substituents is 1. The first kappa shape index (κ1) is 30.3. The van der Waals surface area contributed by atoms with Gasteiger partial charge in [0.15, 0.2) is 11.4 Å². The average Bonchev–Trinajstić information content (AvgIpc) is 2.94. The molecule has 0 aliphatic heterocycles. The summed E-state index contributed by atoms with van der Waals surface area (Å²) in [6.07, 6.45) is 0.155. The first-order chi connectivity index (χ1) is 20.2. The van der Waals surface area contributed by atoms with Crippen LogP contribution < -0.4 is 10.5 Å². The van der Waals surface area contributed by atoms with Gasteiger partial charge >= 0.3 is 0 Å². The molecule has 11 heteroatoms. The van der Waals surface area contributed by atoms with Crippen molar-refractivity contribution in [1.82, 2.24) is 9.80 Å². The first-order valence-electron chi connectivity index (χ1n) is 14.1. The Morgan fingerprint density at radius 2 is 1.79 bits per heavy atom. The number of benzene rings is 2. The van der Waals surface area contributed by atoms with Crippen LogP contribution in [-0.2, 0) is 27.3 Å². The second kappa shape index (κ2) is 10.8. The molecule has 0 heterocycles. The number of likely N-dealkylation sites (N-methyl/N-ethyl adjacent to an activating group) is 1. The number of aliphatic hydroxyl groups is 3. The van der Waals surface area contributed by atoms with E-state index < -0.39 is 58.0 Å². The van der Waals surface area contributed by atoms with Crippen LogP contribution >= 0.6 is 0 Å². The highest BCUT2D eigenvalue weighted by molar-refractivity contribution is 6.24. The van der Waals surface area contributed by atoms with Crippen molar-refractivity contribution in [3.63, 3.8) is 0 Å². The Morgan fingerprint density at radius 1 is 1.14 bits per heavy atom. The molecule has 11 nitrogen and oxygen atoms in total. The minimum atomic E-state index is -2.68. The highest BCUT2D eigenvalue weighted by atomic mass is 16.5. The Balaban J connectivity index is 1.62. The van der Waals surface area contributed by atoms with Gasteiger partial charge in [-0.1, -0.05) is 30.3 Å². The van der Waals surface area contributed by atoms with E-state index in [0.717, 1.165) is 5.56 Å². The maximum atomic E-state index is 14.0. The number of Topliss-reactive ketones (excluding diaryl/α,β-unsaturated/α-hetero) is 2. The lowest BCUT2D eigenvalue weighted by molar-refractivity contribution is -0.153. The Hall–Kier alpha value is -4.19. The van der Waals surface area contributed by atoms with Crippen molar-refractivity contribution in [3.8, 4) is 11.5 Å². The lowest BCUT2D eigenvalue weighted by atomic mass is 9.57. The second-order valence-electron chi connectivity index (χ2n) is 11.9. The number of primary amides is 1. The molecule has 5 atom stereocenters. The first-order valence-corrected chi connectivity index (χ1v) is 14.1. The van der Waals surface area contributed by atoms with Crippen molar-refractivity contribution >= 4 is 23.2 Å². The number of phenols is 1. The number of hydrogen-bond acceptors (Lipinski definition) is 10. The number of rotatable bonds is 7. The number of aliphatic hydroxyl groups excluding tert-OH is 2. The Bertz CT molecular complexity index is 1580. The minimum absolute atomic E-state index is 0.00403. The Labute approximate surface area is 249 Å². The molecule has 0 spiro atoms. The third-order valence-electron chi connectivity index (χ3n) is 9.31. The van der Waals surface area contributed by atoms with E-state index in [9.17, 15) is 34.8 Å². The number of methoxy groups -OCH3 is 1. The third kappa shape index (κ3) is 4.50. The zero-order valence-corrected chi connectivity index (χ0v) is 24.8. The summed E-state index contributed by atoms with van der Waals surface area (Å²) in [7, 11) is 6.57. The molecule has 3 aliphatic rings. The van der Waals surface area contributed by atoms with E-state index in [2.05, 4.69) is 11.8 Å². The van der Waals surface area contributed by atoms with Gasteiger partial charge in [-0.05, 0) is 58.5 Å². The van der Waals surface area contributed by atoms with E-state index in [1.165, 1.54) is 18.1 Å². The van der Waals surface area contributed by atoms with Crippen LogP contribution in [0.1, 0.15) is 41.6 Å². The molecule has 6 N–H and O–H groups in total. The number of nitrogens with two attached hydrogens (primary N) is 1. The Kier molecular flexibility index (Phi) is 7.62. The molecule has 1 fully saturated rings. The molecule has 5 rings (SSSR count). The highest BCUT2D eigenvalue weighted by Gasteiger charge is 2.64. The second-order valence-corrected chi connectivity index (χ2v) is 11.9. The molecule has 228 valence electrons. The fourth-order valence-electron chi connectivity index (χ4n) is 7.12. The number of hydrogen-bond donors (Lipinski definition) is 5. The van der Waals surface area contributed by atoms with Crippen LogP contribution in [0, 0.1) is 11.8 Å². The lowest BCUT2D eigenvalue weighted by Crippen LogP contribution is -2.65. The van der Waals surface area contributed by atoms with Crippen molar-refractivity contribution in [1.29, 1.82) is 0 Å². The van der Waals surface area contributed by atoms with E-state index in [1.807, 2.05) is 37.4 Å². The molecular weight excluding hydrogens is 554 g/mol. The van der Waals surface area contributed by atoms with Crippen molar-refractivity contribution in [2.75, 3.05) is 28.3 Å². The molecule has 43 heavy (non-hydrogen) atoms. The molecule has 1 amide bonds. The number of carbonyl (C=O) groups is 3. The number of carbonyl (C=O) groups excluding carboxylic acids is 3. The van der Waals surface area contributed by atoms with E-state index in [-0.39, 0.29) is 35.8 Å². The molecule has 2 aromatic rings. The van der Waals surface area contributed by atoms with Gasteiger partial charge in [-0.15, -0.1) is 0 Å². The molecule has 1 saturated carbocycles. The van der Waals surface area contributed by atoms with Crippen molar-refractivity contribution in [2.45, 2.75) is 44.0 Å². The largest absolute Gasteiger partial charge is 0.508 e. The van der Waals surface area contributed by atoms with Gasteiger partial charge in [0.1, 0.15) is 28.6 Å². The summed E-state index contributed by atoms with van der Waals surface area (Å²) in [4.78, 5) is 43.0. The van der Waals surface area contributed by atoms with Gasteiger partial charge in [0, 0.05) is 35.2 Å². The van der Waals surface area contributed by atoms with Gasteiger partial charge < -0.3 is 30.9 Å². The molecule has 3 aliphatic carbocycles. The number of amides is 1. The summed E-state index contributed by atoms with van der Waals surface area (Å²) in [5.74, 6) is -6.45. The molecule has 0 saturated heterocycles. The normalized spacial score (nSPS) is 25.9. The minimum Gasteiger partial charge on any atom is -0.508 e. The average molecular weight is 592 g/mol. The van der Waals surface area contributed by atoms with Crippen LogP contribution in [0.3, 0.4) is 0 Å². The number of ether oxygens (including phenoxy) is 1. The summed E-state index contributed by atoms with van der Waals surface area (Å²) in [5.41, 5.74) is 3.92. The fourth-order valence-corrected chi connectivity index (χ4v) is 7.12. The van der Waals surface area contributed by atoms with Crippen molar-refractivity contribution in [2.24, 2.45) is 17.6 Å². The maximum absolute atomic E-state index is 14.0. The van der Waals surface area contributed by atoms with Crippen LogP contribution in [0.15, 0.2) is 53.3 Å². The molecular formula is C32H37N3O8. The van der Waals surface area contributed by atoms with Gasteiger partial charge in [0.25, 0.3) is 5.91 Å². The van der Waals surface area contributed by atoms with Gasteiger partial charge in [0.2, 0.25) is 5.78 Å². The van der Waals surface area contributed by atoms with Crippen LogP contribution in [0.2, 0.25) is 0 Å². The molecule has 1 unspecified atom stereocenters. The molecule has 0 radical (unpaired) electrons. The third-order valence-corrected chi connectivity index (χ3v) is 9.31. The summed E-state index contributed by atoms with van der Waals surface area (Å²) in [6, 6.07) is 10.3. The summed E-state index contributed by atoms with van der Waals surface area (Å²) in [5, 5.41) is 45.4. The predicted octanol–water partition coefficient (Wildman–Crippen LogP) is 2.17. The topological polar surface area (TPSA) is 174 Å². The van der Waals surface area contributed by atoms with Gasteiger partial charge in [0.05, 0.1) is 18.7 Å². The van der Waals surface area contributed by atoms with Crippen LogP contribution in [0.4, 0.5) is 0 Å². The maximum Gasteiger partial charge on any atom is 0.255 e. The van der Waals surface area contributed by atoms with Crippen LogP contribution in [0.25, 0.3) is 5.76 Å². The van der Waals surface area contributed by atoms with Crippen LogP contribution in [0.5, 0.6) is 11.5 Å². The lowest BCUT2D eigenvalue weighted by Gasteiger charge is -2.50. The number of fused-ring (bicyclic) bond motifs is 3. The molecule has 0 bridgehead atoms. The Morgan fingerprint density at radius 3 is 2.37 bits per heavy atom. The van der Waals surface area contributed by atoms with Crippen molar-refractivity contribution in [3.05, 3.63) is 75.6 Å². The smallest absolute Gasteiger partial charge is 0.255 e. The monoisotopic (exact) mass is 591 g/mol. The van der Waals surface area contributed by atoms with E-state index in [0.29, 0.717) is 23.4 Å². The van der Waals surface area contributed by atoms with E-state index >= 15 is 0 Å². The zero-order valence-electron chi connectivity index (χ0n) is 24.8. The molecule has 0 aromatic heterocycles. The van der Waals surface area contributed by atoms with Gasteiger partial charge in [-0.25, -0.2) is 0 Å². The standard InChI is InChI=1S/C32H37N3O8/c1-15(16-9-7-6-8-10-16)35(4)14-18-13-21(36)23-19(28(18)43-5)11-17-12-20-25(34(2)3)27(38)24(31(33)41)30(40)32(20,42)29(39)22(17)26(23)37/h6-10,13,15,17,20,25,36-37,40,42H,11-12,14H2,1-5H3,(H2,33,41)/t15?,17-,20-,25-,32-/m0/s1. The summed E-state index contributed by atoms with van der Waals surface area (Å²) < 4.78 is 5.83. The zero-order chi connectivity index (χ0) is 31.5. The number of nitrogens with zero attached hydrogens (tertiary/aromatic N) is 2. The summed E-state index contributed by atoms with van der Waals surface area (Å²) in [6.45, 7) is 2.46. The number of ketones is 2. The van der Waals surface area contributed by atoms with E-state index in [1.54, 1.807) is 14.1 Å². The molecule has 2 aromatic carbocycles.